The van der Waals surface area contributed by atoms with Crippen LogP contribution >= 0.6 is 36.2 Å². The number of carbonyl (C=O) groups is 1. The molecule has 6 heteroatoms. The molecule has 2 aromatic rings. The molecule has 0 aromatic heterocycles. The zero-order chi connectivity index (χ0) is 22.5. The predicted molar refractivity (Wildman–Crippen MR) is 140 cm³/mol. The minimum absolute atomic E-state index is 0.256. The SMILES string of the molecule is CCN(C(=O)C#C/C=C1\Sc2ccccc2N1C)/C(S)=C/C1=CCCc2ccccc2S1. The highest BCUT2D eigenvalue weighted by molar-refractivity contribution is 8.03. The lowest BCUT2D eigenvalue weighted by molar-refractivity contribution is -0.122. The molecular weight excluding hydrogens is 453 g/mol. The van der Waals surface area contributed by atoms with Crippen molar-refractivity contribution in [2.24, 2.45) is 0 Å². The molecule has 0 fully saturated rings. The Labute approximate surface area is 204 Å². The summed E-state index contributed by atoms with van der Waals surface area (Å²) >= 11 is 8.01. The van der Waals surface area contributed by atoms with Crippen LogP contribution < -0.4 is 4.90 Å². The summed E-state index contributed by atoms with van der Waals surface area (Å²) in [5.41, 5.74) is 2.51. The first kappa shape index (κ1) is 22.7. The van der Waals surface area contributed by atoms with Crippen LogP contribution in [0.2, 0.25) is 0 Å². The van der Waals surface area contributed by atoms with Gasteiger partial charge in [0, 0.05) is 40.3 Å². The lowest BCUT2D eigenvalue weighted by Gasteiger charge is -2.18. The molecule has 0 radical (unpaired) electrons. The van der Waals surface area contributed by atoms with E-state index in [1.54, 1.807) is 34.5 Å². The van der Waals surface area contributed by atoms with Crippen LogP contribution in [-0.4, -0.2) is 24.4 Å². The van der Waals surface area contributed by atoms with Gasteiger partial charge in [-0.05, 0) is 49.6 Å². The average Bonchev–Trinajstić information content (AvgIpc) is 2.97. The van der Waals surface area contributed by atoms with E-state index in [0.29, 0.717) is 11.6 Å². The Morgan fingerprint density at radius 3 is 2.69 bits per heavy atom. The molecule has 1 amide bonds. The number of fused-ring (bicyclic) bond motifs is 2. The fourth-order valence-corrected chi connectivity index (χ4v) is 6.09. The normalized spacial score (nSPS) is 16.5. The summed E-state index contributed by atoms with van der Waals surface area (Å²) in [4.78, 5) is 20.0. The van der Waals surface area contributed by atoms with Gasteiger partial charge in [-0.1, -0.05) is 65.9 Å². The van der Waals surface area contributed by atoms with Crippen molar-refractivity contribution in [1.29, 1.82) is 0 Å². The summed E-state index contributed by atoms with van der Waals surface area (Å²) in [5.74, 6) is 5.44. The highest BCUT2D eigenvalue weighted by Gasteiger charge is 2.20. The fourth-order valence-electron chi connectivity index (χ4n) is 3.53. The summed E-state index contributed by atoms with van der Waals surface area (Å²) in [5, 5.41) is 1.62. The first-order chi connectivity index (χ1) is 15.6. The van der Waals surface area contributed by atoms with Gasteiger partial charge in [0.05, 0.1) is 15.7 Å². The van der Waals surface area contributed by atoms with Gasteiger partial charge in [0.1, 0.15) is 0 Å². The van der Waals surface area contributed by atoms with Crippen LogP contribution in [0.25, 0.3) is 0 Å². The van der Waals surface area contributed by atoms with Crippen LogP contribution in [0, 0.1) is 11.8 Å². The molecule has 0 saturated carbocycles. The second-order valence-corrected chi connectivity index (χ2v) is 9.92. The zero-order valence-electron chi connectivity index (χ0n) is 18.0. The number of nitrogens with zero attached hydrogens (tertiary/aromatic N) is 2. The molecule has 32 heavy (non-hydrogen) atoms. The largest absolute Gasteiger partial charge is 0.338 e. The van der Waals surface area contributed by atoms with Gasteiger partial charge >= 0.3 is 5.91 Å². The Hall–Kier alpha value is -2.46. The topological polar surface area (TPSA) is 23.6 Å². The van der Waals surface area contributed by atoms with Crippen molar-refractivity contribution >= 4 is 47.7 Å². The van der Waals surface area contributed by atoms with Gasteiger partial charge in [0.2, 0.25) is 0 Å². The Morgan fingerprint density at radius 2 is 1.91 bits per heavy atom. The van der Waals surface area contributed by atoms with Crippen LogP contribution in [0.15, 0.2) is 91.5 Å². The molecule has 0 N–H and O–H groups in total. The molecule has 0 aliphatic carbocycles. The number of amides is 1. The number of benzene rings is 2. The highest BCUT2D eigenvalue weighted by Crippen LogP contribution is 2.44. The molecule has 2 heterocycles. The second kappa shape index (κ2) is 10.4. The average molecular weight is 477 g/mol. The van der Waals surface area contributed by atoms with E-state index in [1.807, 2.05) is 32.2 Å². The van der Waals surface area contributed by atoms with Crippen LogP contribution in [0.5, 0.6) is 0 Å². The molecule has 2 aliphatic heterocycles. The summed E-state index contributed by atoms with van der Waals surface area (Å²) in [7, 11) is 2.01. The minimum Gasteiger partial charge on any atom is -0.338 e. The van der Waals surface area contributed by atoms with E-state index in [-0.39, 0.29) is 5.91 Å². The number of thioether (sulfide) groups is 2. The van der Waals surface area contributed by atoms with E-state index in [2.05, 4.69) is 71.8 Å². The van der Waals surface area contributed by atoms with E-state index < -0.39 is 0 Å². The van der Waals surface area contributed by atoms with Gasteiger partial charge in [0.15, 0.2) is 0 Å². The molecule has 0 bridgehead atoms. The Morgan fingerprint density at radius 1 is 1.16 bits per heavy atom. The van der Waals surface area contributed by atoms with E-state index >= 15 is 0 Å². The summed E-state index contributed by atoms with van der Waals surface area (Å²) in [6.45, 7) is 2.44. The van der Waals surface area contributed by atoms with Gasteiger partial charge in [-0.3, -0.25) is 9.69 Å². The smallest absolute Gasteiger partial charge is 0.303 e. The number of rotatable bonds is 3. The van der Waals surface area contributed by atoms with E-state index in [4.69, 9.17) is 0 Å². The third-order valence-electron chi connectivity index (χ3n) is 5.22. The van der Waals surface area contributed by atoms with E-state index in [9.17, 15) is 4.79 Å². The fraction of sp³-hybridized carbons (Fsp3) is 0.192. The summed E-state index contributed by atoms with van der Waals surface area (Å²) in [6.07, 6.45) is 7.97. The van der Waals surface area contributed by atoms with Crippen molar-refractivity contribution in [2.45, 2.75) is 29.6 Å². The predicted octanol–water partition coefficient (Wildman–Crippen LogP) is 6.32. The molecule has 0 atom stereocenters. The number of hydrogen-bond acceptors (Lipinski definition) is 5. The molecule has 2 aliphatic rings. The third kappa shape index (κ3) is 5.12. The Bertz CT molecular complexity index is 1190. The number of allylic oxidation sites excluding steroid dienone is 3. The number of thiol groups is 1. The highest BCUT2D eigenvalue weighted by atomic mass is 32.2. The number of hydrogen-bond donors (Lipinski definition) is 1. The maximum Gasteiger partial charge on any atom is 0.303 e. The van der Waals surface area contributed by atoms with Crippen LogP contribution in [-0.2, 0) is 11.2 Å². The number of aryl methyl sites for hydroxylation is 1. The Kier molecular flexibility index (Phi) is 7.41. The molecule has 3 nitrogen and oxygen atoms in total. The lowest BCUT2D eigenvalue weighted by Crippen LogP contribution is -2.27. The van der Waals surface area contributed by atoms with Crippen LogP contribution in [0.1, 0.15) is 18.9 Å². The number of para-hydroxylation sites is 1. The minimum atomic E-state index is -0.256. The van der Waals surface area contributed by atoms with Crippen molar-refractivity contribution in [3.63, 3.8) is 0 Å². The quantitative estimate of drug-likeness (QED) is 0.414. The molecule has 162 valence electrons. The van der Waals surface area contributed by atoms with Crippen molar-refractivity contribution in [1.82, 2.24) is 4.90 Å². The standard InChI is InChI=1S/C26H24N2OS3/c1-3-28(25(30)18-20-12-8-11-19-10-4-6-14-22(19)31-20)24(29)16-9-17-26-27(2)21-13-5-7-15-23(21)32-26/h4-7,10,12-15,17-18,30H,3,8,11H2,1-2H3/b25-18-,26-17-. The molecular formula is C26H24N2OS3. The third-order valence-corrected chi connectivity index (χ3v) is 7.89. The van der Waals surface area contributed by atoms with E-state index in [1.165, 1.54) is 15.4 Å². The summed E-state index contributed by atoms with van der Waals surface area (Å²) in [6, 6.07) is 16.7. The van der Waals surface area contributed by atoms with Crippen LogP contribution in [0.3, 0.4) is 0 Å². The molecule has 4 rings (SSSR count). The lowest BCUT2D eigenvalue weighted by atomic mass is 10.1. The zero-order valence-corrected chi connectivity index (χ0v) is 20.6. The molecule has 0 unspecified atom stereocenters. The van der Waals surface area contributed by atoms with Crippen molar-refractivity contribution in [3.8, 4) is 11.8 Å². The van der Waals surface area contributed by atoms with Crippen molar-refractivity contribution in [3.05, 3.63) is 87.3 Å². The van der Waals surface area contributed by atoms with Gasteiger partial charge in [-0.2, -0.15) is 0 Å². The molecule has 0 spiro atoms. The van der Waals surface area contributed by atoms with Crippen LogP contribution in [0.4, 0.5) is 5.69 Å². The second-order valence-electron chi connectivity index (χ2n) is 7.29. The molecule has 0 saturated heterocycles. The maximum absolute atomic E-state index is 12.8. The first-order valence-electron chi connectivity index (χ1n) is 10.5. The monoisotopic (exact) mass is 476 g/mol. The molecule has 2 aromatic carbocycles. The van der Waals surface area contributed by atoms with Gasteiger partial charge in [-0.25, -0.2) is 0 Å². The van der Waals surface area contributed by atoms with E-state index in [0.717, 1.165) is 28.5 Å². The summed E-state index contributed by atoms with van der Waals surface area (Å²) < 4.78 is 0. The number of carbonyl (C=O) groups excluding carboxylic acids is 1. The van der Waals surface area contributed by atoms with Crippen molar-refractivity contribution < 1.29 is 4.79 Å². The van der Waals surface area contributed by atoms with Gasteiger partial charge in [0.25, 0.3) is 0 Å². The van der Waals surface area contributed by atoms with Gasteiger partial charge < -0.3 is 4.90 Å². The first-order valence-corrected chi connectivity index (χ1v) is 12.5. The Balaban J connectivity index is 1.46. The maximum atomic E-state index is 12.8. The van der Waals surface area contributed by atoms with Crippen molar-refractivity contribution in [2.75, 3.05) is 18.5 Å². The van der Waals surface area contributed by atoms with Gasteiger partial charge in [-0.15, -0.1) is 12.6 Å². The number of anilines is 1.